The van der Waals surface area contributed by atoms with Crippen molar-refractivity contribution in [3.63, 3.8) is 0 Å². The molecule has 0 aromatic heterocycles. The molecule has 174 valence electrons. The second-order valence-corrected chi connectivity index (χ2v) is 8.24. The number of benzene rings is 2. The number of fused-ring (bicyclic) bond motifs is 3. The van der Waals surface area contributed by atoms with Gasteiger partial charge in [-0.25, -0.2) is 17.6 Å². The Morgan fingerprint density at radius 3 is 1.91 bits per heavy atom. The molecular formula is C25H28F4O3. The van der Waals surface area contributed by atoms with Crippen LogP contribution in [0.3, 0.4) is 0 Å². The fraction of sp³-hybridized carbons (Fsp3) is 0.520. The second-order valence-electron chi connectivity index (χ2n) is 8.24. The molecule has 2 aromatic rings. The summed E-state index contributed by atoms with van der Waals surface area (Å²) in [7, 11) is 0. The minimum atomic E-state index is -2.32. The van der Waals surface area contributed by atoms with E-state index >= 15 is 8.78 Å². The van der Waals surface area contributed by atoms with E-state index in [2.05, 4.69) is 0 Å². The van der Waals surface area contributed by atoms with Gasteiger partial charge in [-0.2, -0.15) is 0 Å². The third-order valence-electron chi connectivity index (χ3n) is 6.30. The second kappa shape index (κ2) is 9.79. The monoisotopic (exact) mass is 452 g/mol. The first kappa shape index (κ1) is 23.1. The molecule has 1 fully saturated rings. The Bertz CT molecular complexity index is 957. The lowest BCUT2D eigenvalue weighted by Gasteiger charge is -2.30. The summed E-state index contributed by atoms with van der Waals surface area (Å²) in [5.41, 5.74) is -0.342. The van der Waals surface area contributed by atoms with E-state index in [0.717, 1.165) is 25.7 Å². The average molecular weight is 452 g/mol. The van der Waals surface area contributed by atoms with E-state index in [1.165, 1.54) is 24.3 Å². The molecule has 0 heterocycles. The van der Waals surface area contributed by atoms with E-state index in [4.69, 9.17) is 14.2 Å². The Morgan fingerprint density at radius 2 is 1.31 bits per heavy atom. The molecule has 0 saturated heterocycles. The van der Waals surface area contributed by atoms with Crippen molar-refractivity contribution in [1.82, 2.24) is 0 Å². The zero-order chi connectivity index (χ0) is 22.8. The SMILES string of the molecule is CCOc1ccc2c(c1F)C(F)C(F)c1c-2ccc(COC2CCC(OCC)CC2)c1F. The number of halogens is 4. The Hall–Kier alpha value is -2.12. The van der Waals surface area contributed by atoms with Crippen LogP contribution in [0.25, 0.3) is 11.1 Å². The van der Waals surface area contributed by atoms with Gasteiger partial charge in [0, 0.05) is 23.3 Å². The standard InChI is InChI=1S/C25H28F4O3/c1-3-30-15-6-8-16(9-7-15)32-13-14-5-10-17-18-11-12-19(31-4-2)23(27)21(18)25(29)24(28)20(17)22(14)26/h5,10-12,15-16,24-25H,3-4,6-9,13H2,1-2H3. The summed E-state index contributed by atoms with van der Waals surface area (Å²) in [6.45, 7) is 4.47. The first-order valence-corrected chi connectivity index (χ1v) is 11.2. The van der Waals surface area contributed by atoms with Gasteiger partial charge >= 0.3 is 0 Å². The van der Waals surface area contributed by atoms with E-state index in [-0.39, 0.29) is 53.4 Å². The summed E-state index contributed by atoms with van der Waals surface area (Å²) in [4.78, 5) is 0. The average Bonchev–Trinajstić information content (AvgIpc) is 2.79. The van der Waals surface area contributed by atoms with Crippen LogP contribution in [0.15, 0.2) is 24.3 Å². The van der Waals surface area contributed by atoms with Gasteiger partial charge in [-0.3, -0.25) is 0 Å². The molecule has 32 heavy (non-hydrogen) atoms. The van der Waals surface area contributed by atoms with E-state index in [9.17, 15) is 8.78 Å². The predicted octanol–water partition coefficient (Wildman–Crippen LogP) is 6.93. The first-order chi connectivity index (χ1) is 15.5. The van der Waals surface area contributed by atoms with Crippen molar-refractivity contribution < 1.29 is 31.8 Å². The van der Waals surface area contributed by atoms with Crippen molar-refractivity contribution in [3.8, 4) is 16.9 Å². The lowest BCUT2D eigenvalue weighted by atomic mass is 9.81. The van der Waals surface area contributed by atoms with Crippen molar-refractivity contribution in [1.29, 1.82) is 0 Å². The molecule has 2 unspecified atom stereocenters. The summed E-state index contributed by atoms with van der Waals surface area (Å²) < 4.78 is 76.7. The molecule has 2 atom stereocenters. The Morgan fingerprint density at radius 1 is 0.750 bits per heavy atom. The van der Waals surface area contributed by atoms with Gasteiger partial charge in [-0.05, 0) is 56.7 Å². The molecule has 2 aliphatic carbocycles. The van der Waals surface area contributed by atoms with E-state index in [0.29, 0.717) is 6.61 Å². The van der Waals surface area contributed by atoms with E-state index in [1.807, 2.05) is 6.92 Å². The number of alkyl halides is 2. The van der Waals surface area contributed by atoms with Crippen LogP contribution in [0.4, 0.5) is 17.6 Å². The molecule has 3 nitrogen and oxygen atoms in total. The largest absolute Gasteiger partial charge is 0.491 e. The Balaban J connectivity index is 1.56. The van der Waals surface area contributed by atoms with Gasteiger partial charge in [-0.1, -0.05) is 18.2 Å². The van der Waals surface area contributed by atoms with Crippen molar-refractivity contribution in [3.05, 3.63) is 52.6 Å². The van der Waals surface area contributed by atoms with Gasteiger partial charge in [0.25, 0.3) is 0 Å². The number of ether oxygens (including phenoxy) is 3. The minimum Gasteiger partial charge on any atom is -0.491 e. The smallest absolute Gasteiger partial charge is 0.171 e. The molecule has 0 spiro atoms. The van der Waals surface area contributed by atoms with Crippen LogP contribution in [0.2, 0.25) is 0 Å². The van der Waals surface area contributed by atoms with Crippen LogP contribution in [-0.2, 0) is 16.1 Å². The third-order valence-corrected chi connectivity index (χ3v) is 6.30. The van der Waals surface area contributed by atoms with Crippen LogP contribution in [0.5, 0.6) is 5.75 Å². The Labute approximate surface area is 185 Å². The van der Waals surface area contributed by atoms with Crippen LogP contribution in [-0.4, -0.2) is 25.4 Å². The van der Waals surface area contributed by atoms with Gasteiger partial charge in [0.2, 0.25) is 0 Å². The number of hydrogen-bond donors (Lipinski definition) is 0. The maximum atomic E-state index is 15.3. The molecule has 0 bridgehead atoms. The van der Waals surface area contributed by atoms with Crippen molar-refractivity contribution >= 4 is 0 Å². The van der Waals surface area contributed by atoms with Crippen molar-refractivity contribution in [2.24, 2.45) is 0 Å². The lowest BCUT2D eigenvalue weighted by molar-refractivity contribution is -0.0345. The maximum absolute atomic E-state index is 15.3. The lowest BCUT2D eigenvalue weighted by Crippen LogP contribution is -2.26. The minimum absolute atomic E-state index is 0.0240. The van der Waals surface area contributed by atoms with Crippen molar-refractivity contribution in [2.75, 3.05) is 13.2 Å². The summed E-state index contributed by atoms with van der Waals surface area (Å²) >= 11 is 0. The van der Waals surface area contributed by atoms with Gasteiger partial charge < -0.3 is 14.2 Å². The van der Waals surface area contributed by atoms with E-state index < -0.39 is 29.5 Å². The van der Waals surface area contributed by atoms with Gasteiger partial charge in [0.05, 0.1) is 25.4 Å². The first-order valence-electron chi connectivity index (χ1n) is 11.2. The normalized spacial score (nSPS) is 24.7. The predicted molar refractivity (Wildman–Crippen MR) is 113 cm³/mol. The van der Waals surface area contributed by atoms with Gasteiger partial charge in [-0.15, -0.1) is 0 Å². The molecule has 0 radical (unpaired) electrons. The highest BCUT2D eigenvalue weighted by atomic mass is 19.2. The zero-order valence-corrected chi connectivity index (χ0v) is 18.3. The summed E-state index contributed by atoms with van der Waals surface area (Å²) in [5, 5.41) is 0. The third kappa shape index (κ3) is 4.25. The fourth-order valence-electron chi connectivity index (χ4n) is 4.70. The topological polar surface area (TPSA) is 27.7 Å². The summed E-state index contributed by atoms with van der Waals surface area (Å²) in [6, 6.07) is 5.83. The molecule has 4 rings (SSSR count). The summed E-state index contributed by atoms with van der Waals surface area (Å²) in [6.07, 6.45) is -1.04. The van der Waals surface area contributed by atoms with Crippen LogP contribution in [0.1, 0.15) is 68.6 Å². The molecular weight excluding hydrogens is 424 g/mol. The highest BCUT2D eigenvalue weighted by molar-refractivity contribution is 5.76. The highest BCUT2D eigenvalue weighted by Crippen LogP contribution is 2.51. The van der Waals surface area contributed by atoms with Crippen molar-refractivity contribution in [2.45, 2.75) is 70.7 Å². The maximum Gasteiger partial charge on any atom is 0.171 e. The van der Waals surface area contributed by atoms with E-state index in [1.54, 1.807) is 6.92 Å². The molecule has 1 saturated carbocycles. The number of rotatable bonds is 7. The fourth-order valence-corrected chi connectivity index (χ4v) is 4.70. The zero-order valence-electron chi connectivity index (χ0n) is 18.3. The van der Waals surface area contributed by atoms with Gasteiger partial charge in [0.1, 0.15) is 5.82 Å². The number of hydrogen-bond acceptors (Lipinski definition) is 3. The molecule has 0 amide bonds. The van der Waals surface area contributed by atoms with Crippen LogP contribution < -0.4 is 4.74 Å². The van der Waals surface area contributed by atoms with Crippen LogP contribution >= 0.6 is 0 Å². The van der Waals surface area contributed by atoms with Gasteiger partial charge in [0.15, 0.2) is 23.9 Å². The molecule has 0 aliphatic heterocycles. The molecule has 2 aromatic carbocycles. The summed E-state index contributed by atoms with van der Waals surface area (Å²) in [5.74, 6) is -1.92. The quantitative estimate of drug-likeness (QED) is 0.427. The van der Waals surface area contributed by atoms with Crippen LogP contribution in [0, 0.1) is 11.6 Å². The Kier molecular flexibility index (Phi) is 7.05. The molecule has 0 N–H and O–H groups in total. The highest BCUT2D eigenvalue weighted by Gasteiger charge is 2.40. The molecule has 7 heteroatoms. The molecule has 2 aliphatic rings.